The summed E-state index contributed by atoms with van der Waals surface area (Å²) in [7, 11) is 0. The maximum Gasteiger partial charge on any atom is 0.0586 e. The predicted molar refractivity (Wildman–Crippen MR) is 56.1 cm³/mol. The van der Waals surface area contributed by atoms with Crippen molar-refractivity contribution in [1.82, 2.24) is 19.9 Å². The van der Waals surface area contributed by atoms with Crippen molar-refractivity contribution >= 4 is 0 Å². The molecule has 0 aliphatic heterocycles. The van der Waals surface area contributed by atoms with E-state index in [4.69, 9.17) is 0 Å². The van der Waals surface area contributed by atoms with Gasteiger partial charge in [-0.15, -0.1) is 0 Å². The Morgan fingerprint density at radius 1 is 0.733 bits per heavy atom. The molecule has 0 radical (unpaired) electrons. The van der Waals surface area contributed by atoms with E-state index in [-0.39, 0.29) is 0 Å². The van der Waals surface area contributed by atoms with Gasteiger partial charge in [0.1, 0.15) is 0 Å². The molecular weight excluding hydrogens is 188 g/mol. The van der Waals surface area contributed by atoms with E-state index < -0.39 is 0 Å². The number of hydrogen-bond donors (Lipinski definition) is 0. The minimum absolute atomic E-state index is 0.935. The highest BCUT2D eigenvalue weighted by Crippen LogP contribution is 2.01. The van der Waals surface area contributed by atoms with Crippen molar-refractivity contribution in [2.24, 2.45) is 0 Å². The number of aryl methyl sites for hydroxylation is 2. The van der Waals surface area contributed by atoms with Crippen molar-refractivity contribution in [2.75, 3.05) is 0 Å². The van der Waals surface area contributed by atoms with Gasteiger partial charge >= 0.3 is 0 Å². The van der Waals surface area contributed by atoms with Gasteiger partial charge in [-0.05, 0) is 19.3 Å². The normalized spacial score (nSPS) is 10.1. The second kappa shape index (κ2) is 5.14. The average Bonchev–Trinajstić information content (AvgIpc) is 2.32. The smallest absolute Gasteiger partial charge is 0.0586 e. The van der Waals surface area contributed by atoms with Crippen LogP contribution < -0.4 is 0 Å². The van der Waals surface area contributed by atoms with Crippen molar-refractivity contribution in [2.45, 2.75) is 19.3 Å². The van der Waals surface area contributed by atoms with Crippen molar-refractivity contribution < 1.29 is 0 Å². The van der Waals surface area contributed by atoms with Crippen LogP contribution in [-0.2, 0) is 12.8 Å². The fraction of sp³-hybridized carbons (Fsp3) is 0.273. The summed E-state index contributed by atoms with van der Waals surface area (Å²) in [6, 6.07) is 0. The molecule has 0 unspecified atom stereocenters. The third-order valence-corrected chi connectivity index (χ3v) is 2.10. The molecular formula is C11H12N4. The Kier molecular flexibility index (Phi) is 3.33. The molecule has 0 N–H and O–H groups in total. The molecule has 0 amide bonds. The summed E-state index contributed by atoms with van der Waals surface area (Å²) in [4.78, 5) is 16.5. The van der Waals surface area contributed by atoms with E-state index in [9.17, 15) is 0 Å². The first-order chi connectivity index (χ1) is 7.45. The highest BCUT2D eigenvalue weighted by atomic mass is 14.8. The molecule has 0 fully saturated rings. The van der Waals surface area contributed by atoms with E-state index in [1.54, 1.807) is 37.2 Å². The zero-order valence-electron chi connectivity index (χ0n) is 8.37. The summed E-state index contributed by atoms with van der Waals surface area (Å²) in [6.45, 7) is 0. The SMILES string of the molecule is c1cnc(CCCc2cnccn2)cn1. The first-order valence-corrected chi connectivity index (χ1v) is 4.95. The van der Waals surface area contributed by atoms with E-state index in [1.807, 2.05) is 0 Å². The summed E-state index contributed by atoms with van der Waals surface area (Å²) in [5.74, 6) is 0. The van der Waals surface area contributed by atoms with Gasteiger partial charge in [0.25, 0.3) is 0 Å². The average molecular weight is 200 g/mol. The van der Waals surface area contributed by atoms with Crippen LogP contribution in [0.3, 0.4) is 0 Å². The van der Waals surface area contributed by atoms with Gasteiger partial charge in [-0.2, -0.15) is 0 Å². The summed E-state index contributed by atoms with van der Waals surface area (Å²) < 4.78 is 0. The monoisotopic (exact) mass is 200 g/mol. The molecule has 4 heteroatoms. The molecule has 4 nitrogen and oxygen atoms in total. The van der Waals surface area contributed by atoms with Crippen molar-refractivity contribution in [3.8, 4) is 0 Å². The first kappa shape index (κ1) is 9.71. The van der Waals surface area contributed by atoms with Crippen LogP contribution in [0, 0.1) is 0 Å². The fourth-order valence-corrected chi connectivity index (χ4v) is 1.37. The van der Waals surface area contributed by atoms with Crippen LogP contribution in [-0.4, -0.2) is 19.9 Å². The molecule has 2 heterocycles. The highest BCUT2D eigenvalue weighted by Gasteiger charge is 1.96. The largest absolute Gasteiger partial charge is 0.261 e. The van der Waals surface area contributed by atoms with Crippen LogP contribution in [0.2, 0.25) is 0 Å². The Bertz CT molecular complexity index is 348. The Labute approximate surface area is 88.5 Å². The van der Waals surface area contributed by atoms with Gasteiger partial charge in [0, 0.05) is 37.2 Å². The zero-order valence-corrected chi connectivity index (χ0v) is 8.37. The maximum atomic E-state index is 4.21. The fourth-order valence-electron chi connectivity index (χ4n) is 1.37. The topological polar surface area (TPSA) is 51.6 Å². The summed E-state index contributed by atoms with van der Waals surface area (Å²) >= 11 is 0. The molecule has 0 bridgehead atoms. The molecule has 2 rings (SSSR count). The molecule has 2 aromatic heterocycles. The molecule has 0 aliphatic carbocycles. The lowest BCUT2D eigenvalue weighted by atomic mass is 10.1. The molecule has 2 aromatic rings. The zero-order chi connectivity index (χ0) is 10.3. The number of nitrogens with zero attached hydrogens (tertiary/aromatic N) is 4. The lowest BCUT2D eigenvalue weighted by molar-refractivity contribution is 0.772. The molecule has 0 aliphatic rings. The molecule has 0 aromatic carbocycles. The lowest BCUT2D eigenvalue weighted by Gasteiger charge is -1.99. The van der Waals surface area contributed by atoms with E-state index in [0.717, 1.165) is 30.7 Å². The van der Waals surface area contributed by atoms with Crippen LogP contribution in [0.25, 0.3) is 0 Å². The third-order valence-electron chi connectivity index (χ3n) is 2.10. The van der Waals surface area contributed by atoms with Gasteiger partial charge in [-0.3, -0.25) is 19.9 Å². The van der Waals surface area contributed by atoms with Gasteiger partial charge in [0.2, 0.25) is 0 Å². The second-order valence-corrected chi connectivity index (χ2v) is 3.25. The minimum Gasteiger partial charge on any atom is -0.261 e. The number of aromatic nitrogens is 4. The molecule has 0 saturated carbocycles. The minimum atomic E-state index is 0.935. The maximum absolute atomic E-state index is 4.21. The van der Waals surface area contributed by atoms with Gasteiger partial charge < -0.3 is 0 Å². The molecule has 0 saturated heterocycles. The Morgan fingerprint density at radius 3 is 1.67 bits per heavy atom. The number of rotatable bonds is 4. The Balaban J connectivity index is 1.81. The molecule has 0 atom stereocenters. The predicted octanol–water partition coefficient (Wildman–Crippen LogP) is 1.44. The third kappa shape index (κ3) is 3.09. The summed E-state index contributed by atoms with van der Waals surface area (Å²) in [6.07, 6.45) is 13.3. The Morgan fingerprint density at radius 2 is 1.27 bits per heavy atom. The molecule has 76 valence electrons. The van der Waals surface area contributed by atoms with Crippen LogP contribution in [0.4, 0.5) is 0 Å². The van der Waals surface area contributed by atoms with Gasteiger partial charge in [-0.1, -0.05) is 0 Å². The molecule has 0 spiro atoms. The first-order valence-electron chi connectivity index (χ1n) is 4.95. The van der Waals surface area contributed by atoms with Crippen LogP contribution in [0.15, 0.2) is 37.2 Å². The van der Waals surface area contributed by atoms with Gasteiger partial charge in [-0.25, -0.2) is 0 Å². The lowest BCUT2D eigenvalue weighted by Crippen LogP contribution is -1.95. The van der Waals surface area contributed by atoms with E-state index in [0.29, 0.717) is 0 Å². The van der Waals surface area contributed by atoms with E-state index in [2.05, 4.69) is 19.9 Å². The van der Waals surface area contributed by atoms with Gasteiger partial charge in [0.15, 0.2) is 0 Å². The van der Waals surface area contributed by atoms with E-state index >= 15 is 0 Å². The second-order valence-electron chi connectivity index (χ2n) is 3.25. The highest BCUT2D eigenvalue weighted by molar-refractivity contribution is 4.98. The number of hydrogen-bond acceptors (Lipinski definition) is 4. The van der Waals surface area contributed by atoms with E-state index in [1.165, 1.54) is 0 Å². The van der Waals surface area contributed by atoms with Crippen LogP contribution >= 0.6 is 0 Å². The van der Waals surface area contributed by atoms with Crippen LogP contribution in [0.5, 0.6) is 0 Å². The standard InChI is InChI=1S/C11H12N4/c1(2-10-8-12-4-6-14-10)3-11-9-13-5-7-15-11/h4-9H,1-3H2. The summed E-state index contributed by atoms with van der Waals surface area (Å²) in [5, 5.41) is 0. The van der Waals surface area contributed by atoms with Gasteiger partial charge in [0.05, 0.1) is 11.4 Å². The summed E-state index contributed by atoms with van der Waals surface area (Å²) in [5.41, 5.74) is 2.06. The van der Waals surface area contributed by atoms with Crippen molar-refractivity contribution in [3.05, 3.63) is 48.6 Å². The Hall–Kier alpha value is -1.84. The van der Waals surface area contributed by atoms with Crippen molar-refractivity contribution in [3.63, 3.8) is 0 Å². The quantitative estimate of drug-likeness (QED) is 0.749. The van der Waals surface area contributed by atoms with Crippen molar-refractivity contribution in [1.29, 1.82) is 0 Å². The molecule has 15 heavy (non-hydrogen) atoms. The van der Waals surface area contributed by atoms with Crippen LogP contribution in [0.1, 0.15) is 17.8 Å².